The molecule has 1 aliphatic carbocycles. The molecule has 1 aliphatic heterocycles. The Morgan fingerprint density at radius 3 is 2.95 bits per heavy atom. The number of benzene rings is 1. The van der Waals surface area contributed by atoms with Crippen molar-refractivity contribution < 1.29 is 0 Å². The first-order valence-electron chi connectivity index (χ1n) is 7.54. The molecule has 108 valence electrons. The Bertz CT molecular complexity index is 507. The molecule has 1 unspecified atom stereocenters. The summed E-state index contributed by atoms with van der Waals surface area (Å²) in [6, 6.07) is 9.69. The third-order valence-corrected chi connectivity index (χ3v) is 4.43. The Kier molecular flexibility index (Phi) is 3.55. The first-order valence-corrected chi connectivity index (χ1v) is 7.54. The molecular weight excluding hydrogens is 248 g/mol. The number of para-hydroxylation sites is 1. The van der Waals surface area contributed by atoms with Crippen LogP contribution < -0.4 is 10.6 Å². The van der Waals surface area contributed by atoms with Crippen LogP contribution >= 0.6 is 0 Å². The van der Waals surface area contributed by atoms with Gasteiger partial charge in [0.1, 0.15) is 0 Å². The summed E-state index contributed by atoms with van der Waals surface area (Å²) < 4.78 is 0. The van der Waals surface area contributed by atoms with Gasteiger partial charge in [0, 0.05) is 31.4 Å². The van der Waals surface area contributed by atoms with Gasteiger partial charge in [0.2, 0.25) is 0 Å². The van der Waals surface area contributed by atoms with Crippen LogP contribution in [-0.4, -0.2) is 43.1 Å². The van der Waals surface area contributed by atoms with Crippen LogP contribution in [0.15, 0.2) is 29.3 Å². The number of hydrogen-bond acceptors (Lipinski definition) is 2. The zero-order valence-corrected chi connectivity index (χ0v) is 12.4. The van der Waals surface area contributed by atoms with E-state index < -0.39 is 0 Å². The fraction of sp³-hybridized carbons (Fsp3) is 0.562. The van der Waals surface area contributed by atoms with Crippen molar-refractivity contribution in [2.75, 3.05) is 25.0 Å². The normalized spacial score (nSPS) is 19.9. The molecule has 2 N–H and O–H groups in total. The van der Waals surface area contributed by atoms with E-state index in [-0.39, 0.29) is 0 Å². The van der Waals surface area contributed by atoms with Gasteiger partial charge in [-0.2, -0.15) is 0 Å². The molecular formula is C16H24N4. The number of anilines is 1. The van der Waals surface area contributed by atoms with Crippen molar-refractivity contribution in [2.45, 2.75) is 38.3 Å². The molecule has 1 saturated carbocycles. The van der Waals surface area contributed by atoms with Gasteiger partial charge in [0.25, 0.3) is 0 Å². The van der Waals surface area contributed by atoms with Gasteiger partial charge in [0.05, 0.1) is 6.54 Å². The van der Waals surface area contributed by atoms with Crippen molar-refractivity contribution in [2.24, 2.45) is 10.7 Å². The largest absolute Gasteiger partial charge is 0.370 e. The number of aliphatic imine (C=N–C) groups is 1. The summed E-state index contributed by atoms with van der Waals surface area (Å²) >= 11 is 0. The molecule has 4 heteroatoms. The highest BCUT2D eigenvalue weighted by Crippen LogP contribution is 2.29. The van der Waals surface area contributed by atoms with Gasteiger partial charge in [-0.15, -0.1) is 0 Å². The topological polar surface area (TPSA) is 44.9 Å². The maximum absolute atomic E-state index is 6.06. The summed E-state index contributed by atoms with van der Waals surface area (Å²) in [5.41, 5.74) is 8.87. The Morgan fingerprint density at radius 1 is 1.45 bits per heavy atom. The second-order valence-electron chi connectivity index (χ2n) is 5.96. The molecule has 1 atom stereocenters. The van der Waals surface area contributed by atoms with Crippen LogP contribution in [0.5, 0.6) is 0 Å². The lowest BCUT2D eigenvalue weighted by Crippen LogP contribution is -2.38. The smallest absolute Gasteiger partial charge is 0.191 e. The summed E-state index contributed by atoms with van der Waals surface area (Å²) in [4.78, 5) is 9.14. The maximum atomic E-state index is 6.06. The summed E-state index contributed by atoms with van der Waals surface area (Å²) in [5, 5.41) is 0. The monoisotopic (exact) mass is 272 g/mol. The molecule has 0 aromatic heterocycles. The highest BCUT2D eigenvalue weighted by atomic mass is 15.3. The lowest BCUT2D eigenvalue weighted by Gasteiger charge is -2.26. The van der Waals surface area contributed by atoms with E-state index in [0.29, 0.717) is 18.0 Å². The van der Waals surface area contributed by atoms with Crippen LogP contribution in [0.25, 0.3) is 0 Å². The van der Waals surface area contributed by atoms with Gasteiger partial charge in [-0.05, 0) is 37.8 Å². The predicted octanol–water partition coefficient (Wildman–Crippen LogP) is 1.85. The first-order chi connectivity index (χ1) is 9.66. The van der Waals surface area contributed by atoms with Crippen LogP contribution in [0, 0.1) is 0 Å². The number of guanidine groups is 1. The van der Waals surface area contributed by atoms with E-state index >= 15 is 0 Å². The molecule has 20 heavy (non-hydrogen) atoms. The SMILES string of the molecule is CC(CN=C(N)N(C)C1CC1)N1CCc2ccccc21. The highest BCUT2D eigenvalue weighted by molar-refractivity contribution is 5.78. The standard InChI is InChI=1S/C16H24N4/c1-12(11-18-16(17)19(2)14-7-8-14)20-10-9-13-5-3-4-6-15(13)20/h3-6,12,14H,7-11H2,1-2H3,(H2,17,18). The Hall–Kier alpha value is -1.71. The van der Waals surface area contributed by atoms with Crippen LogP contribution in [0.2, 0.25) is 0 Å². The van der Waals surface area contributed by atoms with E-state index in [4.69, 9.17) is 5.73 Å². The number of hydrogen-bond donors (Lipinski definition) is 1. The molecule has 1 fully saturated rings. The molecule has 1 heterocycles. The summed E-state index contributed by atoms with van der Waals surface area (Å²) in [7, 11) is 2.05. The minimum absolute atomic E-state index is 0.393. The van der Waals surface area contributed by atoms with Crippen molar-refractivity contribution in [1.29, 1.82) is 0 Å². The van der Waals surface area contributed by atoms with Crippen molar-refractivity contribution in [3.05, 3.63) is 29.8 Å². The predicted molar refractivity (Wildman–Crippen MR) is 84.2 cm³/mol. The number of fused-ring (bicyclic) bond motifs is 1. The van der Waals surface area contributed by atoms with E-state index in [0.717, 1.165) is 19.5 Å². The Morgan fingerprint density at radius 2 is 2.20 bits per heavy atom. The van der Waals surface area contributed by atoms with Crippen LogP contribution in [0.4, 0.5) is 5.69 Å². The molecule has 0 radical (unpaired) electrons. The van der Waals surface area contributed by atoms with Gasteiger partial charge >= 0.3 is 0 Å². The van der Waals surface area contributed by atoms with E-state index in [1.54, 1.807) is 0 Å². The molecule has 0 spiro atoms. The molecule has 3 rings (SSSR count). The second kappa shape index (κ2) is 5.35. The minimum Gasteiger partial charge on any atom is -0.370 e. The molecule has 0 saturated heterocycles. The van der Waals surface area contributed by atoms with Gasteiger partial charge in [-0.1, -0.05) is 18.2 Å². The van der Waals surface area contributed by atoms with Crippen LogP contribution in [0.3, 0.4) is 0 Å². The molecule has 1 aromatic carbocycles. The molecule has 0 amide bonds. The zero-order chi connectivity index (χ0) is 14.1. The molecule has 4 nitrogen and oxygen atoms in total. The van der Waals surface area contributed by atoms with Gasteiger partial charge in [0.15, 0.2) is 5.96 Å². The van der Waals surface area contributed by atoms with Crippen molar-refractivity contribution in [3.63, 3.8) is 0 Å². The van der Waals surface area contributed by atoms with Gasteiger partial charge < -0.3 is 15.5 Å². The fourth-order valence-electron chi connectivity index (χ4n) is 2.91. The number of nitrogens with two attached hydrogens (primary N) is 1. The maximum Gasteiger partial charge on any atom is 0.191 e. The summed E-state index contributed by atoms with van der Waals surface area (Å²) in [6.07, 6.45) is 3.64. The fourth-order valence-corrected chi connectivity index (χ4v) is 2.91. The average molecular weight is 272 g/mol. The van der Waals surface area contributed by atoms with Crippen molar-refractivity contribution >= 4 is 11.6 Å². The first kappa shape index (κ1) is 13.3. The minimum atomic E-state index is 0.393. The van der Waals surface area contributed by atoms with E-state index in [1.807, 2.05) is 7.05 Å². The zero-order valence-electron chi connectivity index (χ0n) is 12.4. The number of rotatable bonds is 4. The summed E-state index contributed by atoms with van der Waals surface area (Å²) in [5.74, 6) is 0.687. The van der Waals surface area contributed by atoms with Crippen LogP contribution in [0.1, 0.15) is 25.3 Å². The summed E-state index contributed by atoms with van der Waals surface area (Å²) in [6.45, 7) is 4.08. The van der Waals surface area contributed by atoms with E-state index in [2.05, 4.69) is 46.0 Å². The van der Waals surface area contributed by atoms with Crippen molar-refractivity contribution in [1.82, 2.24) is 4.90 Å². The lowest BCUT2D eigenvalue weighted by atomic mass is 10.2. The van der Waals surface area contributed by atoms with E-state index in [1.165, 1.54) is 24.1 Å². The molecule has 1 aromatic rings. The number of nitrogens with zero attached hydrogens (tertiary/aromatic N) is 3. The third kappa shape index (κ3) is 2.60. The molecule has 2 aliphatic rings. The van der Waals surface area contributed by atoms with Gasteiger partial charge in [-0.25, -0.2) is 0 Å². The third-order valence-electron chi connectivity index (χ3n) is 4.43. The molecule has 0 bridgehead atoms. The quantitative estimate of drug-likeness (QED) is 0.672. The second-order valence-corrected chi connectivity index (χ2v) is 5.96. The Labute approximate surface area is 121 Å². The van der Waals surface area contributed by atoms with Gasteiger partial charge in [-0.3, -0.25) is 4.99 Å². The van der Waals surface area contributed by atoms with Crippen LogP contribution in [-0.2, 0) is 6.42 Å². The van der Waals surface area contributed by atoms with Crippen molar-refractivity contribution in [3.8, 4) is 0 Å². The van der Waals surface area contributed by atoms with E-state index in [9.17, 15) is 0 Å². The Balaban J connectivity index is 1.62. The lowest BCUT2D eigenvalue weighted by molar-refractivity contribution is 0.485. The highest BCUT2D eigenvalue weighted by Gasteiger charge is 2.28. The average Bonchev–Trinajstić information content (AvgIpc) is 3.23.